The van der Waals surface area contributed by atoms with E-state index >= 15 is 0 Å². The molecule has 4 aromatic rings. The molecule has 0 bridgehead atoms. The Labute approximate surface area is 215 Å². The minimum atomic E-state index is -0.268. The number of hydrogen-bond donors (Lipinski definition) is 1. The van der Waals surface area contributed by atoms with Crippen molar-refractivity contribution < 1.29 is 9.53 Å². The van der Waals surface area contributed by atoms with Gasteiger partial charge in [0.2, 0.25) is 0 Å². The topological polar surface area (TPSA) is 54.5 Å². The quantitative estimate of drug-likeness (QED) is 0.284. The minimum absolute atomic E-state index is 0.0631. The van der Waals surface area contributed by atoms with Crippen LogP contribution in [-0.2, 0) is 11.3 Å². The Balaban J connectivity index is 1.16. The first-order chi connectivity index (χ1) is 16.5. The van der Waals surface area contributed by atoms with Crippen molar-refractivity contribution >= 4 is 51.9 Å². The summed E-state index contributed by atoms with van der Waals surface area (Å²) in [5.41, 5.74) is 2.86. The zero-order valence-electron chi connectivity index (χ0n) is 18.0. The molecule has 0 saturated carbocycles. The fraction of sp³-hybridized carbons (Fsp3) is 0.200. The van der Waals surface area contributed by atoms with Gasteiger partial charge in [0.15, 0.2) is 0 Å². The number of aromatic nitrogens is 1. The minimum Gasteiger partial charge on any atom is -0.362 e. The lowest BCUT2D eigenvalue weighted by molar-refractivity contribution is -0.0646. The summed E-state index contributed by atoms with van der Waals surface area (Å²) in [6.07, 6.45) is -0.331. The molecule has 1 aliphatic rings. The number of amides is 2. The van der Waals surface area contributed by atoms with E-state index in [2.05, 4.69) is 10.3 Å². The second kappa shape index (κ2) is 10.5. The van der Waals surface area contributed by atoms with Crippen molar-refractivity contribution in [2.24, 2.45) is 0 Å². The number of nitrogens with one attached hydrogen (secondary N) is 1. The lowest BCUT2D eigenvalue weighted by atomic mass is 10.0. The van der Waals surface area contributed by atoms with Gasteiger partial charge in [0.25, 0.3) is 0 Å². The van der Waals surface area contributed by atoms with Crippen molar-refractivity contribution in [2.75, 3.05) is 13.1 Å². The number of nitrogens with zero attached hydrogens (tertiary/aromatic N) is 2. The molecule has 9 heteroatoms. The van der Waals surface area contributed by atoms with E-state index in [4.69, 9.17) is 27.9 Å². The van der Waals surface area contributed by atoms with Gasteiger partial charge in [0.1, 0.15) is 11.1 Å². The van der Waals surface area contributed by atoms with Gasteiger partial charge in [0.05, 0.1) is 36.3 Å². The van der Waals surface area contributed by atoms with Crippen molar-refractivity contribution in [3.8, 4) is 9.88 Å². The molecule has 0 atom stereocenters. The molecule has 0 unspecified atom stereocenters. The Bertz CT molecular complexity index is 1190. The van der Waals surface area contributed by atoms with Gasteiger partial charge >= 0.3 is 6.03 Å². The second-order valence-electron chi connectivity index (χ2n) is 7.93. The van der Waals surface area contributed by atoms with E-state index in [1.165, 1.54) is 0 Å². The van der Waals surface area contributed by atoms with Crippen LogP contribution in [0.25, 0.3) is 9.88 Å². The van der Waals surface area contributed by atoms with Gasteiger partial charge in [-0.05, 0) is 46.8 Å². The van der Waals surface area contributed by atoms with E-state index in [9.17, 15) is 4.79 Å². The van der Waals surface area contributed by atoms with Crippen LogP contribution in [0.4, 0.5) is 4.79 Å². The van der Waals surface area contributed by atoms with Crippen molar-refractivity contribution in [3.05, 3.63) is 98.3 Å². The Hall–Kier alpha value is -2.42. The molecule has 1 saturated heterocycles. The maximum atomic E-state index is 12.6. The summed E-state index contributed by atoms with van der Waals surface area (Å²) in [6, 6.07) is 19.2. The smallest absolute Gasteiger partial charge is 0.317 e. The number of halogens is 2. The Kier molecular flexibility index (Phi) is 7.18. The van der Waals surface area contributed by atoms with Crippen molar-refractivity contribution in [3.63, 3.8) is 0 Å². The summed E-state index contributed by atoms with van der Waals surface area (Å²) >= 11 is 15.4. The lowest BCUT2D eigenvalue weighted by Crippen LogP contribution is -2.57. The molecule has 5 rings (SSSR count). The molecular weight excluding hydrogens is 509 g/mol. The Morgan fingerprint density at radius 2 is 1.68 bits per heavy atom. The van der Waals surface area contributed by atoms with Crippen LogP contribution in [0.3, 0.4) is 0 Å². The zero-order chi connectivity index (χ0) is 23.5. The number of likely N-dealkylation sites (tertiary alicyclic amines) is 1. The highest BCUT2D eigenvalue weighted by atomic mass is 35.5. The fourth-order valence-corrected chi connectivity index (χ4v) is 5.57. The molecule has 1 fully saturated rings. The molecule has 2 amide bonds. The highest BCUT2D eigenvalue weighted by Crippen LogP contribution is 2.31. The molecular formula is C25H21Cl2N3O2S2. The SMILES string of the molecule is O=C(NCc1csc(-c2cccs2)n1)N1CC(OC(c2ccc(Cl)cc2)c2ccc(Cl)cc2)C1. The molecule has 3 heterocycles. The first kappa shape index (κ1) is 23.3. The van der Waals surface area contributed by atoms with Gasteiger partial charge in [-0.3, -0.25) is 0 Å². The van der Waals surface area contributed by atoms with Gasteiger partial charge in [0, 0.05) is 15.4 Å². The van der Waals surface area contributed by atoms with Crippen molar-refractivity contribution in [1.82, 2.24) is 15.2 Å². The maximum Gasteiger partial charge on any atom is 0.317 e. The number of rotatable bonds is 7. The largest absolute Gasteiger partial charge is 0.362 e. The monoisotopic (exact) mass is 529 g/mol. The highest BCUT2D eigenvalue weighted by molar-refractivity contribution is 7.20. The van der Waals surface area contributed by atoms with Gasteiger partial charge in [-0.15, -0.1) is 22.7 Å². The van der Waals surface area contributed by atoms with Gasteiger partial charge < -0.3 is 15.0 Å². The number of benzene rings is 2. The molecule has 0 aliphatic carbocycles. The third-order valence-electron chi connectivity index (χ3n) is 5.51. The number of urea groups is 1. The number of hydrogen-bond acceptors (Lipinski definition) is 5. The van der Waals surface area contributed by atoms with E-state index < -0.39 is 0 Å². The van der Waals surface area contributed by atoms with E-state index in [0.717, 1.165) is 26.7 Å². The van der Waals surface area contributed by atoms with Crippen LogP contribution in [0, 0.1) is 0 Å². The van der Waals surface area contributed by atoms with E-state index in [-0.39, 0.29) is 18.2 Å². The average Bonchev–Trinajstić information content (AvgIpc) is 3.51. The van der Waals surface area contributed by atoms with Crippen LogP contribution in [-0.4, -0.2) is 35.1 Å². The van der Waals surface area contributed by atoms with Gasteiger partial charge in [-0.25, -0.2) is 9.78 Å². The summed E-state index contributed by atoms with van der Waals surface area (Å²) in [7, 11) is 0. The predicted molar refractivity (Wildman–Crippen MR) is 139 cm³/mol. The maximum absolute atomic E-state index is 12.6. The van der Waals surface area contributed by atoms with Gasteiger partial charge in [-0.2, -0.15) is 0 Å². The number of carbonyl (C=O) groups excluding carboxylic acids is 1. The summed E-state index contributed by atoms with van der Waals surface area (Å²) in [6.45, 7) is 1.46. The molecule has 34 heavy (non-hydrogen) atoms. The lowest BCUT2D eigenvalue weighted by Gasteiger charge is -2.40. The highest BCUT2D eigenvalue weighted by Gasteiger charge is 2.34. The third kappa shape index (κ3) is 5.45. The molecule has 1 N–H and O–H groups in total. The molecule has 1 aliphatic heterocycles. The van der Waals surface area contributed by atoms with Gasteiger partial charge in [-0.1, -0.05) is 53.5 Å². The zero-order valence-corrected chi connectivity index (χ0v) is 21.1. The summed E-state index contributed by atoms with van der Waals surface area (Å²) in [4.78, 5) is 20.1. The number of thiazole rings is 1. The van der Waals surface area contributed by atoms with Crippen LogP contribution in [0.15, 0.2) is 71.4 Å². The first-order valence-electron chi connectivity index (χ1n) is 10.7. The fourth-order valence-electron chi connectivity index (χ4n) is 3.69. The van der Waals surface area contributed by atoms with Crippen LogP contribution < -0.4 is 5.32 Å². The number of carbonyl (C=O) groups is 1. The van der Waals surface area contributed by atoms with Crippen LogP contribution in [0.1, 0.15) is 22.9 Å². The molecule has 0 spiro atoms. The van der Waals surface area contributed by atoms with Crippen molar-refractivity contribution in [2.45, 2.75) is 18.8 Å². The second-order valence-corrected chi connectivity index (χ2v) is 10.6. The normalized spacial score (nSPS) is 13.8. The number of thiophene rings is 1. The molecule has 2 aromatic carbocycles. The Morgan fingerprint density at radius 1 is 1.03 bits per heavy atom. The summed E-state index contributed by atoms with van der Waals surface area (Å²) in [5.74, 6) is 0. The van der Waals surface area contributed by atoms with E-state index in [1.807, 2.05) is 71.4 Å². The standard InChI is InChI=1S/C25H21Cl2N3O2S2/c26-18-7-3-16(4-8-18)23(17-5-9-19(27)10-6-17)32-21-13-30(14-21)25(31)28-12-20-15-34-24(29-20)22-2-1-11-33-22/h1-11,15,21,23H,12-14H2,(H,28,31). The van der Waals surface area contributed by atoms with E-state index in [0.29, 0.717) is 29.7 Å². The average molecular weight is 531 g/mol. The molecule has 2 aromatic heterocycles. The van der Waals surface area contributed by atoms with Crippen molar-refractivity contribution in [1.29, 1.82) is 0 Å². The molecule has 0 radical (unpaired) electrons. The van der Waals surface area contributed by atoms with E-state index in [1.54, 1.807) is 27.6 Å². The number of ether oxygens (including phenoxy) is 1. The van der Waals surface area contributed by atoms with Crippen LogP contribution in [0.5, 0.6) is 0 Å². The summed E-state index contributed by atoms with van der Waals surface area (Å²) in [5, 5.41) is 9.30. The summed E-state index contributed by atoms with van der Waals surface area (Å²) < 4.78 is 6.41. The Morgan fingerprint density at radius 3 is 2.26 bits per heavy atom. The van der Waals surface area contributed by atoms with Crippen LogP contribution in [0.2, 0.25) is 10.0 Å². The molecule has 5 nitrogen and oxygen atoms in total. The molecule has 174 valence electrons. The first-order valence-corrected chi connectivity index (χ1v) is 13.2. The third-order valence-corrected chi connectivity index (χ3v) is 7.95. The van der Waals surface area contributed by atoms with Crippen LogP contribution >= 0.6 is 45.9 Å². The predicted octanol–water partition coefficient (Wildman–Crippen LogP) is 6.88.